The predicted octanol–water partition coefficient (Wildman–Crippen LogP) is 2.62. The van der Waals surface area contributed by atoms with E-state index in [4.69, 9.17) is 9.84 Å². The number of carboxylic acid groups (broad SMARTS) is 1. The van der Waals surface area contributed by atoms with Gasteiger partial charge in [0.2, 0.25) is 0 Å². The lowest BCUT2D eigenvalue weighted by Gasteiger charge is -2.19. The summed E-state index contributed by atoms with van der Waals surface area (Å²) in [6.45, 7) is 5.66. The third kappa shape index (κ3) is 4.53. The quantitative estimate of drug-likeness (QED) is 0.742. The van der Waals surface area contributed by atoms with Crippen molar-refractivity contribution in [3.8, 4) is 5.75 Å². The normalized spacial score (nSPS) is 14.6. The number of rotatable bonds is 8. The first-order valence-corrected chi connectivity index (χ1v) is 7.22. The van der Waals surface area contributed by atoms with Gasteiger partial charge in [0, 0.05) is 12.6 Å². The molecule has 0 bridgehead atoms. The zero-order chi connectivity index (χ0) is 14.5. The molecule has 4 nitrogen and oxygen atoms in total. The van der Waals surface area contributed by atoms with Crippen molar-refractivity contribution in [1.29, 1.82) is 0 Å². The molecule has 1 saturated carbocycles. The Bertz CT molecular complexity index is 469. The van der Waals surface area contributed by atoms with Gasteiger partial charge < -0.3 is 9.84 Å². The molecule has 1 aromatic rings. The van der Waals surface area contributed by atoms with Crippen molar-refractivity contribution in [2.24, 2.45) is 0 Å². The number of nitrogens with zero attached hydrogens (tertiary/aromatic N) is 1. The summed E-state index contributed by atoms with van der Waals surface area (Å²) < 4.78 is 5.80. The largest absolute Gasteiger partial charge is 0.493 e. The average Bonchev–Trinajstić information content (AvgIpc) is 3.21. The molecule has 0 aliphatic heterocycles. The van der Waals surface area contributed by atoms with E-state index < -0.39 is 5.97 Å². The number of hydrogen-bond acceptors (Lipinski definition) is 3. The van der Waals surface area contributed by atoms with Gasteiger partial charge in [0.1, 0.15) is 5.75 Å². The molecule has 0 saturated heterocycles. The van der Waals surface area contributed by atoms with E-state index >= 15 is 0 Å². The fourth-order valence-electron chi connectivity index (χ4n) is 2.32. The first kappa shape index (κ1) is 14.9. The van der Waals surface area contributed by atoms with Crippen molar-refractivity contribution >= 4 is 5.97 Å². The van der Waals surface area contributed by atoms with Crippen LogP contribution < -0.4 is 4.74 Å². The molecule has 0 heterocycles. The Morgan fingerprint density at radius 2 is 2.15 bits per heavy atom. The molecule has 0 unspecified atom stereocenters. The van der Waals surface area contributed by atoms with Gasteiger partial charge in [-0.3, -0.25) is 9.69 Å². The third-order valence-electron chi connectivity index (χ3n) is 3.59. The topological polar surface area (TPSA) is 49.8 Å². The molecule has 0 spiro atoms. The van der Waals surface area contributed by atoms with Gasteiger partial charge in [0.15, 0.2) is 0 Å². The van der Waals surface area contributed by atoms with Crippen LogP contribution in [0.15, 0.2) is 18.2 Å². The van der Waals surface area contributed by atoms with E-state index in [1.807, 2.05) is 19.9 Å². The van der Waals surface area contributed by atoms with Crippen molar-refractivity contribution < 1.29 is 14.6 Å². The van der Waals surface area contributed by atoms with Crippen molar-refractivity contribution in [3.63, 3.8) is 0 Å². The van der Waals surface area contributed by atoms with Crippen LogP contribution in [0.3, 0.4) is 0 Å². The SMILES string of the molecule is Cc1ccc(C)c(OCCCN(CC(=O)O)C2CC2)c1. The van der Waals surface area contributed by atoms with Crippen LogP contribution in [-0.4, -0.2) is 41.7 Å². The van der Waals surface area contributed by atoms with Gasteiger partial charge in [-0.15, -0.1) is 0 Å². The Morgan fingerprint density at radius 1 is 1.40 bits per heavy atom. The minimum Gasteiger partial charge on any atom is -0.493 e. The molecule has 20 heavy (non-hydrogen) atoms. The maximum atomic E-state index is 10.8. The highest BCUT2D eigenvalue weighted by Crippen LogP contribution is 2.26. The highest BCUT2D eigenvalue weighted by molar-refractivity contribution is 5.69. The van der Waals surface area contributed by atoms with Gasteiger partial charge in [0.05, 0.1) is 13.2 Å². The minimum absolute atomic E-state index is 0.147. The molecule has 0 atom stereocenters. The summed E-state index contributed by atoms with van der Waals surface area (Å²) in [5.74, 6) is 0.188. The molecule has 0 radical (unpaired) electrons. The molecule has 1 aliphatic rings. The Balaban J connectivity index is 1.74. The van der Waals surface area contributed by atoms with Crippen LogP contribution in [0.1, 0.15) is 30.4 Å². The van der Waals surface area contributed by atoms with E-state index in [1.54, 1.807) is 0 Å². The van der Waals surface area contributed by atoms with Gasteiger partial charge in [-0.2, -0.15) is 0 Å². The molecular formula is C16H23NO3. The second kappa shape index (κ2) is 6.75. The zero-order valence-electron chi connectivity index (χ0n) is 12.3. The van der Waals surface area contributed by atoms with E-state index in [0.29, 0.717) is 12.6 Å². The standard InChI is InChI=1S/C16H23NO3/c1-12-4-5-13(2)15(10-12)20-9-3-8-17(11-16(18)19)14-6-7-14/h4-5,10,14H,3,6-9,11H2,1-2H3,(H,18,19). The molecule has 2 rings (SSSR count). The first-order chi connectivity index (χ1) is 9.56. The summed E-state index contributed by atoms with van der Waals surface area (Å²) in [6, 6.07) is 6.66. The first-order valence-electron chi connectivity index (χ1n) is 7.22. The second-order valence-corrected chi connectivity index (χ2v) is 5.57. The Hall–Kier alpha value is -1.55. The summed E-state index contributed by atoms with van der Waals surface area (Å²) in [7, 11) is 0. The fourth-order valence-corrected chi connectivity index (χ4v) is 2.32. The van der Waals surface area contributed by atoms with Crippen LogP contribution >= 0.6 is 0 Å². The number of carbonyl (C=O) groups is 1. The van der Waals surface area contributed by atoms with Crippen LogP contribution in [0.25, 0.3) is 0 Å². The highest BCUT2D eigenvalue weighted by Gasteiger charge is 2.29. The van der Waals surface area contributed by atoms with Gasteiger partial charge in [0.25, 0.3) is 0 Å². The lowest BCUT2D eigenvalue weighted by atomic mass is 10.1. The van der Waals surface area contributed by atoms with E-state index in [0.717, 1.165) is 37.1 Å². The molecule has 0 aromatic heterocycles. The van der Waals surface area contributed by atoms with E-state index in [2.05, 4.69) is 17.0 Å². The fraction of sp³-hybridized carbons (Fsp3) is 0.562. The van der Waals surface area contributed by atoms with Crippen molar-refractivity contribution in [3.05, 3.63) is 29.3 Å². The van der Waals surface area contributed by atoms with Crippen molar-refractivity contribution in [2.45, 2.75) is 39.2 Å². The predicted molar refractivity (Wildman–Crippen MR) is 78.3 cm³/mol. The van der Waals surface area contributed by atoms with Crippen LogP contribution in [0.5, 0.6) is 5.75 Å². The van der Waals surface area contributed by atoms with E-state index in [9.17, 15) is 4.79 Å². The molecule has 110 valence electrons. The van der Waals surface area contributed by atoms with Gasteiger partial charge >= 0.3 is 5.97 Å². The van der Waals surface area contributed by atoms with Crippen LogP contribution in [-0.2, 0) is 4.79 Å². The minimum atomic E-state index is -0.743. The molecule has 1 N–H and O–H groups in total. The molecule has 1 aromatic carbocycles. The van der Waals surface area contributed by atoms with Crippen LogP contribution in [0.4, 0.5) is 0 Å². The number of ether oxygens (including phenoxy) is 1. The number of aryl methyl sites for hydroxylation is 2. The van der Waals surface area contributed by atoms with Gasteiger partial charge in [-0.1, -0.05) is 12.1 Å². The summed E-state index contributed by atoms with van der Waals surface area (Å²) in [6.07, 6.45) is 3.12. The number of benzene rings is 1. The maximum Gasteiger partial charge on any atom is 0.317 e. The molecule has 1 fully saturated rings. The monoisotopic (exact) mass is 277 g/mol. The molecule has 1 aliphatic carbocycles. The molecule has 4 heteroatoms. The average molecular weight is 277 g/mol. The van der Waals surface area contributed by atoms with Crippen LogP contribution in [0.2, 0.25) is 0 Å². The lowest BCUT2D eigenvalue weighted by molar-refractivity contribution is -0.138. The van der Waals surface area contributed by atoms with Crippen molar-refractivity contribution in [2.75, 3.05) is 19.7 Å². The van der Waals surface area contributed by atoms with Gasteiger partial charge in [-0.05, 0) is 50.3 Å². The third-order valence-corrected chi connectivity index (χ3v) is 3.59. The molecule has 0 amide bonds. The summed E-state index contributed by atoms with van der Waals surface area (Å²) in [5, 5.41) is 8.89. The van der Waals surface area contributed by atoms with Gasteiger partial charge in [-0.25, -0.2) is 0 Å². The smallest absolute Gasteiger partial charge is 0.317 e. The second-order valence-electron chi connectivity index (χ2n) is 5.57. The lowest BCUT2D eigenvalue weighted by Crippen LogP contribution is -2.33. The Morgan fingerprint density at radius 3 is 2.80 bits per heavy atom. The number of hydrogen-bond donors (Lipinski definition) is 1. The number of carboxylic acids is 1. The van der Waals surface area contributed by atoms with E-state index in [1.165, 1.54) is 5.56 Å². The summed E-state index contributed by atoms with van der Waals surface area (Å²) in [4.78, 5) is 12.9. The Labute approximate surface area is 120 Å². The Kier molecular flexibility index (Phi) is 5.01. The van der Waals surface area contributed by atoms with Crippen molar-refractivity contribution in [1.82, 2.24) is 4.90 Å². The maximum absolute atomic E-state index is 10.8. The zero-order valence-corrected chi connectivity index (χ0v) is 12.3. The highest BCUT2D eigenvalue weighted by atomic mass is 16.5. The summed E-state index contributed by atoms with van der Waals surface area (Å²) >= 11 is 0. The number of aliphatic carboxylic acids is 1. The van der Waals surface area contributed by atoms with Crippen LogP contribution in [0, 0.1) is 13.8 Å². The summed E-state index contributed by atoms with van der Waals surface area (Å²) in [5.41, 5.74) is 2.33. The van der Waals surface area contributed by atoms with E-state index in [-0.39, 0.29) is 6.54 Å². The molecular weight excluding hydrogens is 254 g/mol.